The minimum Gasteiger partial charge on any atom is -0.351 e. The van der Waals surface area contributed by atoms with Crippen molar-refractivity contribution in [1.29, 1.82) is 0 Å². The first kappa shape index (κ1) is 9.68. The molecule has 1 aliphatic heterocycles. The summed E-state index contributed by atoms with van der Waals surface area (Å²) in [4.78, 5) is 10.3. The summed E-state index contributed by atoms with van der Waals surface area (Å²) in [6, 6.07) is 2.26. The van der Waals surface area contributed by atoms with Gasteiger partial charge in [0.05, 0.1) is 0 Å². The number of hydrogen-bond acceptors (Lipinski definition) is 4. The molecule has 1 aromatic heterocycles. The Morgan fingerprint density at radius 3 is 3.14 bits per heavy atom. The molecule has 1 atom stereocenters. The van der Waals surface area contributed by atoms with E-state index in [0.717, 1.165) is 25.5 Å². The summed E-state index contributed by atoms with van der Waals surface area (Å²) < 4.78 is 0. The maximum atomic E-state index is 5.82. The maximum absolute atomic E-state index is 5.82. The van der Waals surface area contributed by atoms with Crippen LogP contribution in [0.25, 0.3) is 0 Å². The van der Waals surface area contributed by atoms with Crippen molar-refractivity contribution in [3.63, 3.8) is 0 Å². The molecule has 0 amide bonds. The minimum atomic E-state index is 0.453. The van der Waals surface area contributed by atoms with Crippen LogP contribution in [0.2, 0.25) is 5.15 Å². The van der Waals surface area contributed by atoms with Gasteiger partial charge in [-0.2, -0.15) is 0 Å². The molecule has 1 aliphatic rings. The quantitative estimate of drug-likeness (QED) is 0.704. The van der Waals surface area contributed by atoms with Crippen molar-refractivity contribution in [1.82, 2.24) is 15.3 Å². The summed E-state index contributed by atoms with van der Waals surface area (Å²) in [7, 11) is 0. The van der Waals surface area contributed by atoms with Gasteiger partial charge in [0.25, 0.3) is 0 Å². The van der Waals surface area contributed by atoms with Gasteiger partial charge in [-0.3, -0.25) is 0 Å². The molecule has 1 unspecified atom stereocenters. The third-order valence-corrected chi connectivity index (χ3v) is 2.62. The predicted octanol–water partition coefficient (Wildman–Crippen LogP) is 0.928. The zero-order valence-corrected chi connectivity index (χ0v) is 8.83. The lowest BCUT2D eigenvalue weighted by molar-refractivity contribution is 0.497. The number of hydrogen-bond donors (Lipinski definition) is 1. The number of aromatic nitrogens is 2. The van der Waals surface area contributed by atoms with Gasteiger partial charge in [0.15, 0.2) is 0 Å². The van der Waals surface area contributed by atoms with Crippen molar-refractivity contribution in [2.75, 3.05) is 24.5 Å². The van der Waals surface area contributed by atoms with Crippen LogP contribution >= 0.6 is 11.6 Å². The van der Waals surface area contributed by atoms with Crippen LogP contribution in [0.3, 0.4) is 0 Å². The SMILES string of the molecule is CC1CNCCN1c1cc(Cl)ncn1. The largest absolute Gasteiger partial charge is 0.351 e. The van der Waals surface area contributed by atoms with Crippen LogP contribution in [0.5, 0.6) is 0 Å². The van der Waals surface area contributed by atoms with Crippen LogP contribution in [-0.4, -0.2) is 35.6 Å². The fourth-order valence-electron chi connectivity index (χ4n) is 1.66. The van der Waals surface area contributed by atoms with Gasteiger partial charge in [-0.25, -0.2) is 9.97 Å². The lowest BCUT2D eigenvalue weighted by Gasteiger charge is -2.34. The fourth-order valence-corrected chi connectivity index (χ4v) is 1.80. The molecule has 5 heteroatoms. The van der Waals surface area contributed by atoms with Crippen LogP contribution in [0.4, 0.5) is 5.82 Å². The number of halogens is 1. The molecule has 1 aromatic rings. The Balaban J connectivity index is 2.20. The Morgan fingerprint density at radius 1 is 1.57 bits per heavy atom. The Morgan fingerprint density at radius 2 is 2.43 bits per heavy atom. The molecule has 1 saturated heterocycles. The van der Waals surface area contributed by atoms with Gasteiger partial charge in [-0.15, -0.1) is 0 Å². The summed E-state index contributed by atoms with van der Waals surface area (Å²) in [5.74, 6) is 0.916. The van der Waals surface area contributed by atoms with Gasteiger partial charge in [0.2, 0.25) is 0 Å². The van der Waals surface area contributed by atoms with E-state index in [1.165, 1.54) is 6.33 Å². The molecule has 0 aromatic carbocycles. The molecular formula is C9H13ClN4. The normalized spacial score (nSPS) is 22.4. The van der Waals surface area contributed by atoms with Crippen molar-refractivity contribution < 1.29 is 0 Å². The lowest BCUT2D eigenvalue weighted by atomic mass is 10.2. The lowest BCUT2D eigenvalue weighted by Crippen LogP contribution is -2.50. The third-order valence-electron chi connectivity index (χ3n) is 2.41. The topological polar surface area (TPSA) is 41.0 Å². The monoisotopic (exact) mass is 212 g/mol. The predicted molar refractivity (Wildman–Crippen MR) is 56.7 cm³/mol. The highest BCUT2D eigenvalue weighted by Gasteiger charge is 2.19. The van der Waals surface area contributed by atoms with Crippen LogP contribution < -0.4 is 10.2 Å². The molecule has 2 heterocycles. The average Bonchev–Trinajstić information content (AvgIpc) is 2.18. The Kier molecular flexibility index (Phi) is 2.84. The molecule has 1 fully saturated rings. The van der Waals surface area contributed by atoms with Gasteiger partial charge in [-0.1, -0.05) is 11.6 Å². The highest BCUT2D eigenvalue weighted by Crippen LogP contribution is 2.17. The zero-order valence-electron chi connectivity index (χ0n) is 8.07. The van der Waals surface area contributed by atoms with Crippen molar-refractivity contribution in [2.24, 2.45) is 0 Å². The van der Waals surface area contributed by atoms with E-state index in [1.807, 2.05) is 6.07 Å². The second kappa shape index (κ2) is 4.11. The van der Waals surface area contributed by atoms with E-state index in [4.69, 9.17) is 11.6 Å². The number of nitrogens with one attached hydrogen (secondary N) is 1. The summed E-state index contributed by atoms with van der Waals surface area (Å²) in [6.45, 7) is 5.12. The second-order valence-corrected chi connectivity index (χ2v) is 3.83. The first-order chi connectivity index (χ1) is 6.77. The highest BCUT2D eigenvalue weighted by molar-refractivity contribution is 6.29. The number of anilines is 1. The molecule has 4 nitrogen and oxygen atoms in total. The van der Waals surface area contributed by atoms with E-state index in [0.29, 0.717) is 11.2 Å². The number of piperazine rings is 1. The van der Waals surface area contributed by atoms with Gasteiger partial charge in [0.1, 0.15) is 17.3 Å². The second-order valence-electron chi connectivity index (χ2n) is 3.45. The molecule has 1 N–H and O–H groups in total. The number of nitrogens with zero attached hydrogens (tertiary/aromatic N) is 3. The molecule has 0 aliphatic carbocycles. The van der Waals surface area contributed by atoms with E-state index in [-0.39, 0.29) is 0 Å². The fraction of sp³-hybridized carbons (Fsp3) is 0.556. The van der Waals surface area contributed by atoms with E-state index < -0.39 is 0 Å². The first-order valence-corrected chi connectivity index (χ1v) is 5.10. The van der Waals surface area contributed by atoms with Gasteiger partial charge < -0.3 is 10.2 Å². The van der Waals surface area contributed by atoms with Gasteiger partial charge in [-0.05, 0) is 6.92 Å². The van der Waals surface area contributed by atoms with Crippen LogP contribution in [0.1, 0.15) is 6.92 Å². The van der Waals surface area contributed by atoms with E-state index in [9.17, 15) is 0 Å². The molecular weight excluding hydrogens is 200 g/mol. The van der Waals surface area contributed by atoms with E-state index in [1.54, 1.807) is 0 Å². The van der Waals surface area contributed by atoms with Crippen molar-refractivity contribution in [2.45, 2.75) is 13.0 Å². The molecule has 0 spiro atoms. The van der Waals surface area contributed by atoms with E-state index >= 15 is 0 Å². The number of rotatable bonds is 1. The summed E-state index contributed by atoms with van der Waals surface area (Å²) >= 11 is 5.82. The summed E-state index contributed by atoms with van der Waals surface area (Å²) in [5, 5.41) is 3.83. The van der Waals surface area contributed by atoms with Crippen LogP contribution in [0, 0.1) is 0 Å². The molecule has 2 rings (SSSR count). The standard InChI is InChI=1S/C9H13ClN4/c1-7-5-11-2-3-14(7)9-4-8(10)12-6-13-9/h4,6-7,11H,2-3,5H2,1H3. The molecule has 14 heavy (non-hydrogen) atoms. The van der Waals surface area contributed by atoms with Crippen molar-refractivity contribution in [3.8, 4) is 0 Å². The van der Waals surface area contributed by atoms with E-state index in [2.05, 4.69) is 27.1 Å². The molecule has 0 bridgehead atoms. The Labute approximate surface area is 88.3 Å². The third kappa shape index (κ3) is 1.96. The van der Waals surface area contributed by atoms with Crippen LogP contribution in [0.15, 0.2) is 12.4 Å². The smallest absolute Gasteiger partial charge is 0.134 e. The molecule has 76 valence electrons. The molecule has 0 saturated carbocycles. The minimum absolute atomic E-state index is 0.453. The summed E-state index contributed by atoms with van der Waals surface area (Å²) in [5.41, 5.74) is 0. The van der Waals surface area contributed by atoms with Gasteiger partial charge >= 0.3 is 0 Å². The maximum Gasteiger partial charge on any atom is 0.134 e. The highest BCUT2D eigenvalue weighted by atomic mass is 35.5. The average molecular weight is 213 g/mol. The summed E-state index contributed by atoms with van der Waals surface area (Å²) in [6.07, 6.45) is 1.51. The van der Waals surface area contributed by atoms with Crippen LogP contribution in [-0.2, 0) is 0 Å². The van der Waals surface area contributed by atoms with Gasteiger partial charge in [0, 0.05) is 31.7 Å². The molecule has 0 radical (unpaired) electrons. The zero-order chi connectivity index (χ0) is 9.97. The Bertz CT molecular complexity index is 317. The van der Waals surface area contributed by atoms with Crippen molar-refractivity contribution in [3.05, 3.63) is 17.5 Å². The first-order valence-electron chi connectivity index (χ1n) is 4.72. The van der Waals surface area contributed by atoms with Crippen molar-refractivity contribution >= 4 is 17.4 Å². The Hall–Kier alpha value is -0.870.